The quantitative estimate of drug-likeness (QED) is 0.647. The summed E-state index contributed by atoms with van der Waals surface area (Å²) in [5, 5.41) is 10.6. The van der Waals surface area contributed by atoms with Crippen molar-refractivity contribution in [2.24, 2.45) is 40.4 Å². The molecule has 0 radical (unpaired) electrons. The van der Waals surface area contributed by atoms with Crippen LogP contribution in [-0.2, 0) is 28.7 Å². The SMILES string of the molecule is CC(=O)OC1C(=O)C2C3(C)C(=O)C(O)CC(C)C3CC3(C)OC(=O)CC(C1C)C23C. The van der Waals surface area contributed by atoms with Gasteiger partial charge in [-0.3, -0.25) is 19.2 Å². The van der Waals surface area contributed by atoms with Crippen LogP contribution in [0.2, 0.25) is 0 Å². The molecule has 4 aliphatic rings. The summed E-state index contributed by atoms with van der Waals surface area (Å²) in [5.41, 5.74) is -2.82. The van der Waals surface area contributed by atoms with E-state index in [0.29, 0.717) is 12.8 Å². The van der Waals surface area contributed by atoms with Crippen LogP contribution in [0.25, 0.3) is 0 Å². The molecular weight excluding hydrogens is 388 g/mol. The van der Waals surface area contributed by atoms with Crippen LogP contribution < -0.4 is 0 Å². The molecule has 166 valence electrons. The van der Waals surface area contributed by atoms with Gasteiger partial charge in [-0.2, -0.15) is 0 Å². The smallest absolute Gasteiger partial charge is 0.306 e. The largest absolute Gasteiger partial charge is 0.459 e. The van der Waals surface area contributed by atoms with Crippen LogP contribution in [0, 0.1) is 40.4 Å². The number of fused-ring (bicyclic) bond motifs is 2. The second-order valence-electron chi connectivity index (χ2n) is 10.7. The van der Waals surface area contributed by atoms with Gasteiger partial charge in [0.05, 0.1) is 0 Å². The van der Waals surface area contributed by atoms with E-state index < -0.39 is 40.5 Å². The molecular formula is C23H32O7. The average molecular weight is 421 g/mol. The summed E-state index contributed by atoms with van der Waals surface area (Å²) in [7, 11) is 0. The highest BCUT2D eigenvalue weighted by Crippen LogP contribution is 2.70. The number of carbonyl (C=O) groups is 4. The predicted octanol–water partition coefficient (Wildman–Crippen LogP) is 2.08. The van der Waals surface area contributed by atoms with Gasteiger partial charge < -0.3 is 14.6 Å². The Morgan fingerprint density at radius 3 is 2.37 bits per heavy atom. The van der Waals surface area contributed by atoms with Crippen LogP contribution in [0.15, 0.2) is 0 Å². The lowest BCUT2D eigenvalue weighted by Crippen LogP contribution is -2.77. The number of rotatable bonds is 1. The summed E-state index contributed by atoms with van der Waals surface area (Å²) in [6, 6.07) is 0. The first-order valence-electron chi connectivity index (χ1n) is 10.9. The zero-order chi connectivity index (χ0) is 22.4. The molecule has 0 aromatic heterocycles. The van der Waals surface area contributed by atoms with Crippen molar-refractivity contribution in [2.75, 3.05) is 0 Å². The maximum atomic E-state index is 13.9. The van der Waals surface area contributed by atoms with Gasteiger partial charge in [-0.25, -0.2) is 0 Å². The summed E-state index contributed by atoms with van der Waals surface area (Å²) in [6.07, 6.45) is -1.23. The highest BCUT2D eigenvalue weighted by atomic mass is 16.6. The summed E-state index contributed by atoms with van der Waals surface area (Å²) in [4.78, 5) is 51.8. The van der Waals surface area contributed by atoms with E-state index in [1.54, 1.807) is 6.92 Å². The van der Waals surface area contributed by atoms with Crippen LogP contribution in [-0.4, -0.2) is 46.4 Å². The fourth-order valence-corrected chi connectivity index (χ4v) is 7.84. The number of hydrogen-bond acceptors (Lipinski definition) is 7. The van der Waals surface area contributed by atoms with Gasteiger partial charge in [0.2, 0.25) is 0 Å². The Balaban J connectivity index is 1.96. The molecule has 10 unspecified atom stereocenters. The molecule has 0 spiro atoms. The molecule has 1 heterocycles. The molecule has 3 aliphatic carbocycles. The van der Waals surface area contributed by atoms with Gasteiger partial charge in [0.1, 0.15) is 11.7 Å². The molecule has 0 aromatic rings. The van der Waals surface area contributed by atoms with Crippen molar-refractivity contribution >= 4 is 23.5 Å². The maximum Gasteiger partial charge on any atom is 0.306 e. The molecule has 1 aliphatic heterocycles. The van der Waals surface area contributed by atoms with Crippen molar-refractivity contribution < 1.29 is 33.8 Å². The van der Waals surface area contributed by atoms with Gasteiger partial charge in [0.15, 0.2) is 17.7 Å². The van der Waals surface area contributed by atoms with Crippen LogP contribution in [0.5, 0.6) is 0 Å². The third-order valence-corrected chi connectivity index (χ3v) is 9.30. The maximum absolute atomic E-state index is 13.9. The van der Waals surface area contributed by atoms with Crippen molar-refractivity contribution in [2.45, 2.75) is 78.6 Å². The zero-order valence-electron chi connectivity index (χ0n) is 18.6. The second-order valence-corrected chi connectivity index (χ2v) is 10.7. The zero-order valence-corrected chi connectivity index (χ0v) is 18.6. The summed E-state index contributed by atoms with van der Waals surface area (Å²) in [6.45, 7) is 10.7. The molecule has 1 saturated heterocycles. The molecule has 4 rings (SSSR count). The molecule has 0 amide bonds. The minimum Gasteiger partial charge on any atom is -0.459 e. The first-order chi connectivity index (χ1) is 13.8. The summed E-state index contributed by atoms with van der Waals surface area (Å²) in [5.74, 6) is -3.21. The Labute approximate surface area is 176 Å². The lowest BCUT2D eigenvalue weighted by atomic mass is 9.35. The van der Waals surface area contributed by atoms with Crippen LogP contribution in [0.1, 0.15) is 60.8 Å². The van der Waals surface area contributed by atoms with Crippen LogP contribution in [0.4, 0.5) is 0 Å². The van der Waals surface area contributed by atoms with Gasteiger partial charge in [0, 0.05) is 36.0 Å². The fourth-order valence-electron chi connectivity index (χ4n) is 7.84. The van der Waals surface area contributed by atoms with E-state index >= 15 is 0 Å². The molecule has 1 N–H and O–H groups in total. The number of hydrogen-bond donors (Lipinski definition) is 1. The lowest BCUT2D eigenvalue weighted by Gasteiger charge is -2.70. The Bertz CT molecular complexity index is 835. The summed E-state index contributed by atoms with van der Waals surface area (Å²) >= 11 is 0. The molecule has 0 bridgehead atoms. The van der Waals surface area contributed by atoms with Gasteiger partial charge >= 0.3 is 11.9 Å². The number of aliphatic hydroxyl groups excluding tert-OH is 1. The Kier molecular flexibility index (Phi) is 4.56. The van der Waals surface area contributed by atoms with E-state index in [2.05, 4.69) is 0 Å². The number of Topliss-reactive ketones (excluding diaryl/α,β-unsaturated/α-hetero) is 2. The minimum absolute atomic E-state index is 0.0255. The second kappa shape index (κ2) is 6.38. The number of ketones is 2. The van der Waals surface area contributed by atoms with Crippen molar-refractivity contribution in [1.29, 1.82) is 0 Å². The van der Waals surface area contributed by atoms with Gasteiger partial charge in [-0.15, -0.1) is 0 Å². The molecule has 7 nitrogen and oxygen atoms in total. The van der Waals surface area contributed by atoms with Gasteiger partial charge in [-0.1, -0.05) is 27.7 Å². The number of aliphatic hydroxyl groups is 1. The predicted molar refractivity (Wildman–Crippen MR) is 105 cm³/mol. The van der Waals surface area contributed by atoms with Gasteiger partial charge in [0.25, 0.3) is 0 Å². The molecule has 30 heavy (non-hydrogen) atoms. The van der Waals surface area contributed by atoms with E-state index in [9.17, 15) is 24.3 Å². The van der Waals surface area contributed by atoms with E-state index in [1.807, 2.05) is 27.7 Å². The molecule has 0 aromatic carbocycles. The van der Waals surface area contributed by atoms with Crippen LogP contribution in [0.3, 0.4) is 0 Å². The minimum atomic E-state index is -1.13. The monoisotopic (exact) mass is 420 g/mol. The molecule has 7 heteroatoms. The lowest BCUT2D eigenvalue weighted by molar-refractivity contribution is -0.277. The molecule has 3 saturated carbocycles. The summed E-state index contributed by atoms with van der Waals surface area (Å²) < 4.78 is 11.4. The van der Waals surface area contributed by atoms with E-state index in [4.69, 9.17) is 9.47 Å². The van der Waals surface area contributed by atoms with Crippen molar-refractivity contribution in [3.63, 3.8) is 0 Å². The molecule has 4 fully saturated rings. The van der Waals surface area contributed by atoms with Crippen molar-refractivity contribution in [3.05, 3.63) is 0 Å². The average Bonchev–Trinajstić information content (AvgIpc) is 2.62. The van der Waals surface area contributed by atoms with Crippen LogP contribution >= 0.6 is 0 Å². The third-order valence-electron chi connectivity index (χ3n) is 9.30. The molecule has 10 atom stereocenters. The van der Waals surface area contributed by atoms with Crippen molar-refractivity contribution in [1.82, 2.24) is 0 Å². The first kappa shape index (κ1) is 21.5. The van der Waals surface area contributed by atoms with E-state index in [0.717, 1.165) is 0 Å². The first-order valence-corrected chi connectivity index (χ1v) is 10.9. The topological polar surface area (TPSA) is 107 Å². The fraction of sp³-hybridized carbons (Fsp3) is 0.826. The van der Waals surface area contributed by atoms with E-state index in [-0.39, 0.29) is 47.6 Å². The number of ether oxygens (including phenoxy) is 2. The normalized spacial score (nSPS) is 52.8. The highest BCUT2D eigenvalue weighted by molar-refractivity contribution is 5.99. The highest BCUT2D eigenvalue weighted by Gasteiger charge is 2.77. The number of carbonyl (C=O) groups excluding carboxylic acids is 4. The van der Waals surface area contributed by atoms with Crippen molar-refractivity contribution in [3.8, 4) is 0 Å². The van der Waals surface area contributed by atoms with E-state index in [1.165, 1.54) is 6.92 Å². The third kappa shape index (κ3) is 2.41. The standard InChI is InChI=1S/C23H32O7/c1-10-7-15(25)20(28)22(5)14(10)9-21(4)23(6)13(8-16(26)30-21)11(2)18(29-12(3)24)17(27)19(22)23/h10-11,13-15,18-19,25H,7-9H2,1-6H3. The van der Waals surface area contributed by atoms with Gasteiger partial charge in [-0.05, 0) is 37.5 Å². The Morgan fingerprint density at radius 2 is 1.77 bits per heavy atom. The Hall–Kier alpha value is -1.76. The number of esters is 2. The Morgan fingerprint density at radius 1 is 1.13 bits per heavy atom.